The quantitative estimate of drug-likeness (QED) is 0.661. The van der Waals surface area contributed by atoms with Gasteiger partial charge in [-0.3, -0.25) is 9.59 Å². The van der Waals surface area contributed by atoms with E-state index in [-0.39, 0.29) is 24.8 Å². The maximum atomic E-state index is 12.4. The summed E-state index contributed by atoms with van der Waals surface area (Å²) in [4.78, 5) is 26.2. The lowest BCUT2D eigenvalue weighted by Crippen LogP contribution is -2.28. The minimum atomic E-state index is -0.424. The van der Waals surface area contributed by atoms with E-state index in [1.807, 2.05) is 24.3 Å². The van der Waals surface area contributed by atoms with E-state index in [0.717, 1.165) is 3.57 Å². The monoisotopic (exact) mass is 474 g/mol. The Morgan fingerprint density at radius 3 is 2.58 bits per heavy atom. The summed E-state index contributed by atoms with van der Waals surface area (Å²) < 4.78 is 1.09. The van der Waals surface area contributed by atoms with E-state index < -0.39 is 5.92 Å². The first-order valence-electron chi connectivity index (χ1n) is 7.26. The van der Waals surface area contributed by atoms with Crippen LogP contribution in [-0.2, 0) is 9.59 Å². The number of nitrogens with one attached hydrogen (secondary N) is 1. The molecule has 1 N–H and O–H groups in total. The Morgan fingerprint density at radius 1 is 1.17 bits per heavy atom. The molecule has 1 aliphatic heterocycles. The van der Waals surface area contributed by atoms with Crippen LogP contribution in [0.5, 0.6) is 0 Å². The van der Waals surface area contributed by atoms with Crippen molar-refractivity contribution in [2.45, 2.75) is 6.42 Å². The molecule has 2 amide bonds. The normalized spacial score (nSPS) is 17.2. The number of nitrogens with zero attached hydrogens (tertiary/aromatic N) is 1. The van der Waals surface area contributed by atoms with Crippen molar-refractivity contribution in [3.63, 3.8) is 0 Å². The van der Waals surface area contributed by atoms with Crippen LogP contribution < -0.4 is 10.2 Å². The van der Waals surface area contributed by atoms with Gasteiger partial charge in [0.05, 0.1) is 16.6 Å². The number of benzene rings is 2. The van der Waals surface area contributed by atoms with Gasteiger partial charge in [0.1, 0.15) is 0 Å². The lowest BCUT2D eigenvalue weighted by atomic mass is 10.1. The number of rotatable bonds is 3. The van der Waals surface area contributed by atoms with Crippen LogP contribution in [0.1, 0.15) is 6.42 Å². The fraction of sp³-hybridized carbons (Fsp3) is 0.176. The van der Waals surface area contributed by atoms with Gasteiger partial charge in [-0.15, -0.1) is 0 Å². The molecule has 0 radical (unpaired) electrons. The number of halogens is 3. The lowest BCUT2D eigenvalue weighted by Gasteiger charge is -2.18. The van der Waals surface area contributed by atoms with E-state index in [1.165, 1.54) is 4.90 Å². The van der Waals surface area contributed by atoms with Crippen molar-refractivity contribution in [2.24, 2.45) is 5.92 Å². The van der Waals surface area contributed by atoms with Crippen molar-refractivity contribution in [2.75, 3.05) is 16.8 Å². The number of carbonyl (C=O) groups is 2. The molecule has 1 saturated heterocycles. The van der Waals surface area contributed by atoms with Crippen molar-refractivity contribution in [3.8, 4) is 0 Å². The van der Waals surface area contributed by atoms with Gasteiger partial charge in [0.15, 0.2) is 0 Å². The maximum absolute atomic E-state index is 12.4. The van der Waals surface area contributed by atoms with Gasteiger partial charge < -0.3 is 10.2 Å². The second-order valence-corrected chi connectivity index (χ2v) is 7.59. The summed E-state index contributed by atoms with van der Waals surface area (Å²) in [6.45, 7) is 0.287. The highest BCUT2D eigenvalue weighted by Crippen LogP contribution is 2.33. The molecule has 0 unspecified atom stereocenters. The first kappa shape index (κ1) is 17.5. The zero-order valence-electron chi connectivity index (χ0n) is 12.4. The minimum absolute atomic E-state index is 0.137. The van der Waals surface area contributed by atoms with E-state index in [1.54, 1.807) is 18.2 Å². The highest BCUT2D eigenvalue weighted by molar-refractivity contribution is 14.1. The average Bonchev–Trinajstić information content (AvgIpc) is 2.94. The van der Waals surface area contributed by atoms with E-state index >= 15 is 0 Å². The van der Waals surface area contributed by atoms with Gasteiger partial charge in [0, 0.05) is 27.2 Å². The van der Waals surface area contributed by atoms with Gasteiger partial charge in [-0.05, 0) is 65.1 Å². The van der Waals surface area contributed by atoms with E-state index in [2.05, 4.69) is 27.9 Å². The molecular formula is C17H13Cl2IN2O2. The Morgan fingerprint density at radius 2 is 1.88 bits per heavy atom. The fourth-order valence-electron chi connectivity index (χ4n) is 2.59. The molecule has 0 bridgehead atoms. The van der Waals surface area contributed by atoms with E-state index in [0.29, 0.717) is 21.4 Å². The van der Waals surface area contributed by atoms with Crippen LogP contribution in [0.4, 0.5) is 11.4 Å². The molecule has 0 saturated carbocycles. The van der Waals surface area contributed by atoms with Crippen LogP contribution >= 0.6 is 45.8 Å². The third-order valence-corrected chi connectivity index (χ3v) is 5.08. The molecule has 2 aromatic carbocycles. The van der Waals surface area contributed by atoms with Crippen molar-refractivity contribution in [1.82, 2.24) is 0 Å². The van der Waals surface area contributed by atoms with Crippen molar-refractivity contribution >= 4 is 69.0 Å². The number of amides is 2. The number of hydrogen-bond donors (Lipinski definition) is 1. The van der Waals surface area contributed by atoms with Gasteiger partial charge in [0.2, 0.25) is 11.8 Å². The molecule has 24 heavy (non-hydrogen) atoms. The molecule has 4 nitrogen and oxygen atoms in total. The first-order valence-corrected chi connectivity index (χ1v) is 9.09. The molecule has 0 aliphatic carbocycles. The average molecular weight is 475 g/mol. The summed E-state index contributed by atoms with van der Waals surface area (Å²) in [6, 6.07) is 12.4. The van der Waals surface area contributed by atoms with Crippen LogP contribution in [0.25, 0.3) is 0 Å². The van der Waals surface area contributed by atoms with Crippen molar-refractivity contribution in [3.05, 3.63) is 56.1 Å². The van der Waals surface area contributed by atoms with E-state index in [9.17, 15) is 9.59 Å². The highest BCUT2D eigenvalue weighted by Gasteiger charge is 2.36. The van der Waals surface area contributed by atoms with Crippen LogP contribution in [0.2, 0.25) is 10.0 Å². The topological polar surface area (TPSA) is 49.4 Å². The third kappa shape index (κ3) is 3.84. The molecule has 1 heterocycles. The van der Waals surface area contributed by atoms with Gasteiger partial charge in [-0.2, -0.15) is 0 Å². The van der Waals surface area contributed by atoms with Gasteiger partial charge in [-0.1, -0.05) is 23.2 Å². The SMILES string of the molecule is O=C(Nc1ccc(I)cc1)[C@H]1CC(=O)N(c2cc(Cl)ccc2Cl)C1. The third-order valence-electron chi connectivity index (χ3n) is 3.81. The summed E-state index contributed by atoms with van der Waals surface area (Å²) in [5.74, 6) is -0.737. The first-order chi connectivity index (χ1) is 11.4. The summed E-state index contributed by atoms with van der Waals surface area (Å²) in [5, 5.41) is 3.78. The van der Waals surface area contributed by atoms with Crippen molar-refractivity contribution < 1.29 is 9.59 Å². The van der Waals surface area contributed by atoms with Gasteiger partial charge >= 0.3 is 0 Å². The number of anilines is 2. The molecule has 1 aliphatic rings. The molecule has 0 aromatic heterocycles. The summed E-state index contributed by atoms with van der Waals surface area (Å²) in [6.07, 6.45) is 0.152. The molecule has 1 fully saturated rings. The second-order valence-electron chi connectivity index (χ2n) is 5.50. The summed E-state index contributed by atoms with van der Waals surface area (Å²) >= 11 is 14.3. The molecule has 0 spiro atoms. The van der Waals surface area contributed by atoms with Gasteiger partial charge in [-0.25, -0.2) is 0 Å². The number of hydrogen-bond acceptors (Lipinski definition) is 2. The molecule has 3 rings (SSSR count). The van der Waals surface area contributed by atoms with Crippen molar-refractivity contribution in [1.29, 1.82) is 0 Å². The zero-order chi connectivity index (χ0) is 17.3. The fourth-order valence-corrected chi connectivity index (χ4v) is 3.33. The predicted molar refractivity (Wildman–Crippen MR) is 105 cm³/mol. The summed E-state index contributed by atoms with van der Waals surface area (Å²) in [7, 11) is 0. The highest BCUT2D eigenvalue weighted by atomic mass is 127. The lowest BCUT2D eigenvalue weighted by molar-refractivity contribution is -0.122. The Labute approximate surface area is 163 Å². The van der Waals surface area contributed by atoms with Gasteiger partial charge in [0.25, 0.3) is 0 Å². The molecular weight excluding hydrogens is 462 g/mol. The van der Waals surface area contributed by atoms with Crippen LogP contribution in [0, 0.1) is 9.49 Å². The Kier molecular flexibility index (Phi) is 5.32. The van der Waals surface area contributed by atoms with E-state index in [4.69, 9.17) is 23.2 Å². The Balaban J connectivity index is 1.73. The Bertz CT molecular complexity index is 796. The predicted octanol–water partition coefficient (Wildman–Crippen LogP) is 4.59. The Hall–Kier alpha value is -1.31. The molecule has 124 valence electrons. The molecule has 1 atom stereocenters. The largest absolute Gasteiger partial charge is 0.326 e. The second kappa shape index (κ2) is 7.29. The minimum Gasteiger partial charge on any atom is -0.326 e. The summed E-state index contributed by atoms with van der Waals surface area (Å²) in [5.41, 5.74) is 1.26. The zero-order valence-corrected chi connectivity index (χ0v) is 16.1. The molecule has 2 aromatic rings. The maximum Gasteiger partial charge on any atom is 0.229 e. The standard InChI is InChI=1S/C17H13Cl2IN2O2/c18-11-1-6-14(19)15(8-11)22-9-10(7-16(22)23)17(24)21-13-4-2-12(20)3-5-13/h1-6,8,10H,7,9H2,(H,21,24)/t10-/m0/s1. The van der Waals surface area contributed by atoms with Crippen LogP contribution in [0.3, 0.4) is 0 Å². The smallest absolute Gasteiger partial charge is 0.229 e. The van der Waals surface area contributed by atoms with Crippen LogP contribution in [-0.4, -0.2) is 18.4 Å². The number of carbonyl (C=O) groups excluding carboxylic acids is 2. The molecule has 7 heteroatoms. The van der Waals surface area contributed by atoms with Crippen LogP contribution in [0.15, 0.2) is 42.5 Å².